The number of ether oxygens (including phenoxy) is 2. The topological polar surface area (TPSA) is 54.6 Å². The maximum atomic E-state index is 10.2. The summed E-state index contributed by atoms with van der Waals surface area (Å²) in [6, 6.07) is 23.9. The van der Waals surface area contributed by atoms with Gasteiger partial charge in [-0.2, -0.15) is 5.26 Å². The molecule has 0 radical (unpaired) electrons. The maximum Gasteiger partial charge on any atom is 0.234 e. The summed E-state index contributed by atoms with van der Waals surface area (Å²) < 4.78 is 12.9. The van der Waals surface area contributed by atoms with E-state index < -0.39 is 0 Å². The number of fused-ring (bicyclic) bond motifs is 3. The second kappa shape index (κ2) is 9.34. The van der Waals surface area contributed by atoms with E-state index in [1.165, 1.54) is 10.3 Å². The fourth-order valence-electron chi connectivity index (χ4n) is 4.16. The number of aryl methyl sites for hydroxylation is 1. The highest BCUT2D eigenvalue weighted by Gasteiger charge is 2.35. The second-order valence-electron chi connectivity index (χ2n) is 7.89. The molecule has 1 aliphatic heterocycles. The van der Waals surface area contributed by atoms with E-state index in [2.05, 4.69) is 36.2 Å². The zero-order valence-corrected chi connectivity index (χ0v) is 20.3. The molecule has 0 saturated carbocycles. The van der Waals surface area contributed by atoms with Crippen LogP contribution in [0.15, 0.2) is 83.2 Å². The fourth-order valence-corrected chi connectivity index (χ4v) is 5.73. The summed E-state index contributed by atoms with van der Waals surface area (Å²) in [5.74, 6) is 1.58. The van der Waals surface area contributed by atoms with Crippen molar-refractivity contribution in [3.05, 3.63) is 105 Å². The van der Waals surface area contributed by atoms with Crippen LogP contribution in [0, 0.1) is 11.3 Å². The summed E-state index contributed by atoms with van der Waals surface area (Å²) in [5.41, 5.74) is 3.60. The van der Waals surface area contributed by atoms with Gasteiger partial charge in [-0.3, -0.25) is 0 Å². The average molecular weight is 485 g/mol. The van der Waals surface area contributed by atoms with Crippen LogP contribution in [-0.4, -0.2) is 13.3 Å². The molecule has 5 rings (SSSR count). The number of rotatable bonds is 5. The lowest BCUT2D eigenvalue weighted by molar-refractivity contribution is 0.403. The molecular weight excluding hydrogens is 464 g/mol. The third-order valence-corrected chi connectivity index (χ3v) is 7.49. The Labute approximate surface area is 207 Å². The molecule has 0 saturated heterocycles. The first-order chi connectivity index (χ1) is 16.6. The lowest BCUT2D eigenvalue weighted by Gasteiger charge is -2.24. The highest BCUT2D eigenvalue weighted by molar-refractivity contribution is 7.19. The predicted octanol–water partition coefficient (Wildman–Crippen LogP) is 7.50. The molecule has 0 spiro atoms. The molecule has 0 N–H and O–H groups in total. The molecule has 3 aromatic carbocycles. The third kappa shape index (κ3) is 3.96. The number of halogens is 1. The summed E-state index contributed by atoms with van der Waals surface area (Å²) >= 11 is 7.70. The maximum absolute atomic E-state index is 10.2. The molecule has 4 nitrogen and oxygen atoms in total. The number of benzene rings is 3. The van der Waals surface area contributed by atoms with Crippen LogP contribution in [0.25, 0.3) is 10.1 Å². The van der Waals surface area contributed by atoms with E-state index in [1.54, 1.807) is 36.8 Å². The van der Waals surface area contributed by atoms with Crippen LogP contribution in [0.3, 0.4) is 0 Å². The molecule has 34 heavy (non-hydrogen) atoms. The Bertz CT molecular complexity index is 1460. The zero-order chi connectivity index (χ0) is 23.7. The van der Waals surface area contributed by atoms with Crippen molar-refractivity contribution in [2.75, 3.05) is 7.11 Å². The van der Waals surface area contributed by atoms with Crippen molar-refractivity contribution in [3.8, 4) is 17.6 Å². The van der Waals surface area contributed by atoms with Crippen LogP contribution in [-0.2, 0) is 6.42 Å². The lowest BCUT2D eigenvalue weighted by Crippen LogP contribution is -2.14. The normalized spacial score (nSPS) is 15.3. The van der Waals surface area contributed by atoms with Crippen molar-refractivity contribution in [1.82, 2.24) is 0 Å². The van der Waals surface area contributed by atoms with Crippen molar-refractivity contribution in [1.29, 1.82) is 5.26 Å². The van der Waals surface area contributed by atoms with Crippen molar-refractivity contribution in [2.45, 2.75) is 19.3 Å². The van der Waals surface area contributed by atoms with Crippen LogP contribution >= 0.6 is 22.9 Å². The lowest BCUT2D eigenvalue weighted by atomic mass is 9.88. The van der Waals surface area contributed by atoms with E-state index in [0.29, 0.717) is 16.5 Å². The Morgan fingerprint density at radius 1 is 1.12 bits per heavy atom. The molecule has 0 fully saturated rings. The highest BCUT2D eigenvalue weighted by Crippen LogP contribution is 2.52. The van der Waals surface area contributed by atoms with Crippen molar-refractivity contribution in [2.24, 2.45) is 4.99 Å². The van der Waals surface area contributed by atoms with E-state index in [9.17, 15) is 5.26 Å². The van der Waals surface area contributed by atoms with E-state index in [-0.39, 0.29) is 5.92 Å². The number of allylic oxidation sites excluding steroid dienone is 1. The van der Waals surface area contributed by atoms with Gasteiger partial charge in [0, 0.05) is 21.3 Å². The van der Waals surface area contributed by atoms with Gasteiger partial charge in [0.25, 0.3) is 0 Å². The minimum atomic E-state index is -0.279. The van der Waals surface area contributed by atoms with Crippen LogP contribution < -0.4 is 9.47 Å². The first-order valence-electron chi connectivity index (χ1n) is 10.9. The molecule has 2 heterocycles. The van der Waals surface area contributed by atoms with Gasteiger partial charge in [0.05, 0.1) is 17.9 Å². The molecule has 6 heteroatoms. The van der Waals surface area contributed by atoms with Gasteiger partial charge in [-0.15, -0.1) is 11.3 Å². The number of hydrogen-bond acceptors (Lipinski definition) is 5. The molecule has 4 aromatic rings. The minimum Gasteiger partial charge on any atom is -0.497 e. The quantitative estimate of drug-likeness (QED) is 0.275. The number of methoxy groups -OCH3 is 1. The van der Waals surface area contributed by atoms with Crippen LogP contribution in [0.4, 0.5) is 0 Å². The van der Waals surface area contributed by atoms with Gasteiger partial charge in [0.1, 0.15) is 17.4 Å². The molecule has 168 valence electrons. The number of nitrogens with zero attached hydrogens (tertiary/aromatic N) is 2. The summed E-state index contributed by atoms with van der Waals surface area (Å²) in [6.07, 6.45) is 2.62. The monoisotopic (exact) mass is 484 g/mol. The SMILES string of the molecule is CCc1cccc2c3c(sc12)C(c1ccc(OC)cc1)C(C#N)=C(/N=C/c1ccc(Cl)cc1)O3. The van der Waals surface area contributed by atoms with Crippen LogP contribution in [0.2, 0.25) is 5.02 Å². The van der Waals surface area contributed by atoms with Gasteiger partial charge < -0.3 is 9.47 Å². The summed E-state index contributed by atoms with van der Waals surface area (Å²) in [4.78, 5) is 5.64. The van der Waals surface area contributed by atoms with Crippen LogP contribution in [0.5, 0.6) is 11.5 Å². The van der Waals surface area contributed by atoms with Crippen molar-refractivity contribution >= 4 is 39.2 Å². The summed E-state index contributed by atoms with van der Waals surface area (Å²) in [7, 11) is 1.64. The molecule has 1 aliphatic rings. The van der Waals surface area contributed by atoms with Gasteiger partial charge in [-0.25, -0.2) is 4.99 Å². The molecule has 1 unspecified atom stereocenters. The molecule has 0 amide bonds. The number of hydrogen-bond donors (Lipinski definition) is 0. The highest BCUT2D eigenvalue weighted by atomic mass is 35.5. The zero-order valence-electron chi connectivity index (χ0n) is 18.7. The molecule has 0 bridgehead atoms. The van der Waals surface area contributed by atoms with Gasteiger partial charge in [-0.1, -0.05) is 54.9 Å². The van der Waals surface area contributed by atoms with Gasteiger partial charge in [0.2, 0.25) is 5.88 Å². The van der Waals surface area contributed by atoms with Gasteiger partial charge in [0.15, 0.2) is 5.75 Å². The fraction of sp³-hybridized carbons (Fsp3) is 0.143. The van der Waals surface area contributed by atoms with E-state index in [0.717, 1.165) is 39.3 Å². The standard InChI is InChI=1S/C28H21ClN2O2S/c1-3-18-5-4-6-22-25-27(34-26(18)22)24(19-9-13-21(32-2)14-10-19)23(15-30)28(33-25)31-16-17-7-11-20(29)12-8-17/h4-14,16,24H,3H2,1-2H3/b31-16+. The first-order valence-corrected chi connectivity index (χ1v) is 12.1. The minimum absolute atomic E-state index is 0.279. The number of thiophene rings is 1. The summed E-state index contributed by atoms with van der Waals surface area (Å²) in [5, 5.41) is 11.9. The Hall–Kier alpha value is -3.59. The van der Waals surface area contributed by atoms with E-state index >= 15 is 0 Å². The Morgan fingerprint density at radius 2 is 1.88 bits per heavy atom. The van der Waals surface area contributed by atoms with Gasteiger partial charge in [-0.05, 0) is 53.4 Å². The predicted molar refractivity (Wildman–Crippen MR) is 138 cm³/mol. The summed E-state index contributed by atoms with van der Waals surface area (Å²) in [6.45, 7) is 2.15. The Balaban J connectivity index is 1.69. The van der Waals surface area contributed by atoms with E-state index in [4.69, 9.17) is 21.1 Å². The van der Waals surface area contributed by atoms with Crippen molar-refractivity contribution < 1.29 is 9.47 Å². The largest absolute Gasteiger partial charge is 0.497 e. The second-order valence-corrected chi connectivity index (χ2v) is 9.38. The Kier molecular flexibility index (Phi) is 6.10. The number of aliphatic imine (C=N–C) groups is 1. The molecular formula is C28H21ClN2O2S. The molecule has 0 aliphatic carbocycles. The average Bonchev–Trinajstić information content (AvgIpc) is 3.25. The first kappa shape index (κ1) is 22.2. The van der Waals surface area contributed by atoms with Crippen LogP contribution in [0.1, 0.15) is 34.4 Å². The Morgan fingerprint density at radius 3 is 2.56 bits per heavy atom. The molecule has 1 aromatic heterocycles. The van der Waals surface area contributed by atoms with E-state index in [1.807, 2.05) is 36.4 Å². The number of nitriles is 1. The van der Waals surface area contributed by atoms with Crippen molar-refractivity contribution in [3.63, 3.8) is 0 Å². The molecule has 1 atom stereocenters. The smallest absolute Gasteiger partial charge is 0.234 e. The van der Waals surface area contributed by atoms with Gasteiger partial charge >= 0.3 is 0 Å². The third-order valence-electron chi connectivity index (χ3n) is 5.91.